The van der Waals surface area contributed by atoms with Crippen molar-refractivity contribution in [2.24, 2.45) is 0 Å². The summed E-state index contributed by atoms with van der Waals surface area (Å²) in [7, 11) is -2.80. The van der Waals surface area contributed by atoms with E-state index in [1.165, 1.54) is 13.1 Å². The molecule has 0 fully saturated rings. The molecular weight excluding hydrogens is 286 g/mol. The molecule has 112 valence electrons. The minimum Gasteiger partial charge on any atom is -0.313 e. The topological polar surface area (TPSA) is 49.4 Å². The molecule has 0 unspecified atom stereocenters. The normalized spacial score (nSPS) is 11.8. The standard InChI is InChI=1S/C13H18F2N2O2S/c1-4-6-17(3)20(18,19)12-8-10(9-16-5-2)7-11(14)13(12)15/h4,7-8,16H,1,5-6,9H2,2-3H3. The quantitative estimate of drug-likeness (QED) is 0.783. The van der Waals surface area contributed by atoms with Crippen LogP contribution in [0.1, 0.15) is 12.5 Å². The van der Waals surface area contributed by atoms with Crippen molar-refractivity contribution < 1.29 is 17.2 Å². The maximum Gasteiger partial charge on any atom is 0.246 e. The highest BCUT2D eigenvalue weighted by Crippen LogP contribution is 2.22. The third-order valence-corrected chi connectivity index (χ3v) is 4.53. The van der Waals surface area contributed by atoms with Crippen molar-refractivity contribution in [2.75, 3.05) is 20.1 Å². The molecular formula is C13H18F2N2O2S. The smallest absolute Gasteiger partial charge is 0.246 e. The minimum absolute atomic E-state index is 0.0147. The van der Waals surface area contributed by atoms with Gasteiger partial charge in [-0.3, -0.25) is 0 Å². The summed E-state index contributed by atoms with van der Waals surface area (Å²) in [6.45, 7) is 6.19. The average molecular weight is 304 g/mol. The number of nitrogens with one attached hydrogen (secondary N) is 1. The molecule has 0 saturated carbocycles. The molecule has 4 nitrogen and oxygen atoms in total. The summed E-state index contributed by atoms with van der Waals surface area (Å²) in [6.07, 6.45) is 1.37. The molecule has 0 aliphatic heterocycles. The van der Waals surface area contributed by atoms with Crippen LogP contribution in [0.3, 0.4) is 0 Å². The first kappa shape index (κ1) is 16.7. The molecule has 0 heterocycles. The van der Waals surface area contributed by atoms with E-state index in [0.29, 0.717) is 12.1 Å². The SMILES string of the molecule is C=CCN(C)S(=O)(=O)c1cc(CNCC)cc(F)c1F. The van der Waals surface area contributed by atoms with Gasteiger partial charge in [0.1, 0.15) is 4.90 Å². The summed E-state index contributed by atoms with van der Waals surface area (Å²) in [6, 6.07) is 2.14. The minimum atomic E-state index is -4.08. The number of hydrogen-bond acceptors (Lipinski definition) is 3. The van der Waals surface area contributed by atoms with E-state index in [4.69, 9.17) is 0 Å². The molecule has 0 aromatic heterocycles. The van der Waals surface area contributed by atoms with Crippen LogP contribution in [-0.2, 0) is 16.6 Å². The Bertz CT molecular complexity index is 588. The Balaban J connectivity index is 3.28. The molecule has 0 aliphatic carbocycles. The first-order valence-corrected chi connectivity index (χ1v) is 7.54. The van der Waals surface area contributed by atoms with Crippen molar-refractivity contribution in [3.63, 3.8) is 0 Å². The molecule has 0 aliphatic rings. The van der Waals surface area contributed by atoms with Crippen LogP contribution >= 0.6 is 0 Å². The largest absolute Gasteiger partial charge is 0.313 e. The van der Waals surface area contributed by atoms with Gasteiger partial charge in [-0.1, -0.05) is 13.0 Å². The highest BCUT2D eigenvalue weighted by Gasteiger charge is 2.26. The van der Waals surface area contributed by atoms with Crippen molar-refractivity contribution in [2.45, 2.75) is 18.4 Å². The van der Waals surface area contributed by atoms with Gasteiger partial charge in [0.2, 0.25) is 10.0 Å². The highest BCUT2D eigenvalue weighted by molar-refractivity contribution is 7.89. The number of benzene rings is 1. The van der Waals surface area contributed by atoms with Gasteiger partial charge in [0.05, 0.1) is 0 Å². The van der Waals surface area contributed by atoms with Crippen LogP contribution in [0.2, 0.25) is 0 Å². The Kier molecular flexibility index (Phi) is 5.79. The van der Waals surface area contributed by atoms with Crippen LogP contribution in [0.4, 0.5) is 8.78 Å². The number of hydrogen-bond donors (Lipinski definition) is 1. The van der Waals surface area contributed by atoms with Crippen molar-refractivity contribution in [3.8, 4) is 0 Å². The Morgan fingerprint density at radius 3 is 2.60 bits per heavy atom. The van der Waals surface area contributed by atoms with E-state index in [1.807, 2.05) is 6.92 Å². The molecule has 0 radical (unpaired) electrons. The van der Waals surface area contributed by atoms with Crippen LogP contribution in [-0.4, -0.2) is 32.9 Å². The van der Waals surface area contributed by atoms with E-state index in [2.05, 4.69) is 11.9 Å². The van der Waals surface area contributed by atoms with Gasteiger partial charge in [0.15, 0.2) is 11.6 Å². The van der Waals surface area contributed by atoms with Crippen LogP contribution in [0.15, 0.2) is 29.7 Å². The van der Waals surface area contributed by atoms with Gasteiger partial charge < -0.3 is 5.32 Å². The molecule has 0 bridgehead atoms. The molecule has 0 saturated heterocycles. The third kappa shape index (κ3) is 3.62. The van der Waals surface area contributed by atoms with Gasteiger partial charge in [-0.15, -0.1) is 6.58 Å². The lowest BCUT2D eigenvalue weighted by molar-refractivity contribution is 0.462. The predicted octanol–water partition coefficient (Wildman–Crippen LogP) is 1.88. The molecule has 0 spiro atoms. The number of nitrogens with zero attached hydrogens (tertiary/aromatic N) is 1. The average Bonchev–Trinajstić information content (AvgIpc) is 2.39. The second-order valence-corrected chi connectivity index (χ2v) is 6.26. The summed E-state index contributed by atoms with van der Waals surface area (Å²) in [5, 5.41) is 2.93. The maximum atomic E-state index is 13.8. The molecule has 1 N–H and O–H groups in total. The first-order chi connectivity index (χ1) is 9.34. The Morgan fingerprint density at radius 1 is 1.40 bits per heavy atom. The van der Waals surface area contributed by atoms with Crippen molar-refractivity contribution in [1.29, 1.82) is 0 Å². The maximum absolute atomic E-state index is 13.8. The number of rotatable bonds is 7. The van der Waals surface area contributed by atoms with E-state index in [1.54, 1.807) is 0 Å². The second kappa shape index (κ2) is 6.92. The van der Waals surface area contributed by atoms with E-state index < -0.39 is 26.6 Å². The van der Waals surface area contributed by atoms with Crippen LogP contribution in [0.5, 0.6) is 0 Å². The Labute approximate surface area is 118 Å². The van der Waals surface area contributed by atoms with Gasteiger partial charge in [-0.2, -0.15) is 4.31 Å². The number of likely N-dealkylation sites (N-methyl/N-ethyl adjacent to an activating group) is 1. The molecule has 1 rings (SSSR count). The molecule has 1 aromatic rings. The van der Waals surface area contributed by atoms with E-state index in [9.17, 15) is 17.2 Å². The Hall–Kier alpha value is -1.31. The second-order valence-electron chi connectivity index (χ2n) is 4.24. The zero-order chi connectivity index (χ0) is 15.3. The zero-order valence-electron chi connectivity index (χ0n) is 11.5. The van der Waals surface area contributed by atoms with Gasteiger partial charge in [0, 0.05) is 20.1 Å². The molecule has 7 heteroatoms. The van der Waals surface area contributed by atoms with Crippen LogP contribution in [0.25, 0.3) is 0 Å². The van der Waals surface area contributed by atoms with Crippen molar-refractivity contribution in [3.05, 3.63) is 42.0 Å². The fourth-order valence-electron chi connectivity index (χ4n) is 1.62. The van der Waals surface area contributed by atoms with E-state index in [0.717, 1.165) is 16.4 Å². The van der Waals surface area contributed by atoms with Crippen LogP contribution < -0.4 is 5.32 Å². The summed E-state index contributed by atoms with van der Waals surface area (Å²) in [5.74, 6) is -2.54. The van der Waals surface area contributed by atoms with Crippen molar-refractivity contribution in [1.82, 2.24) is 9.62 Å². The fourth-order valence-corrected chi connectivity index (χ4v) is 2.89. The fraction of sp³-hybridized carbons (Fsp3) is 0.385. The lowest BCUT2D eigenvalue weighted by Crippen LogP contribution is -2.28. The van der Waals surface area contributed by atoms with Crippen LogP contribution in [0, 0.1) is 11.6 Å². The zero-order valence-corrected chi connectivity index (χ0v) is 12.3. The van der Waals surface area contributed by atoms with Gasteiger partial charge in [-0.05, 0) is 24.2 Å². The van der Waals surface area contributed by atoms with Gasteiger partial charge in [0.25, 0.3) is 0 Å². The summed E-state index contributed by atoms with van der Waals surface area (Å²) < 4.78 is 52.6. The summed E-state index contributed by atoms with van der Waals surface area (Å²) >= 11 is 0. The van der Waals surface area contributed by atoms with Crippen molar-refractivity contribution >= 4 is 10.0 Å². The summed E-state index contributed by atoms with van der Waals surface area (Å²) in [4.78, 5) is -0.658. The number of sulfonamides is 1. The van der Waals surface area contributed by atoms with Gasteiger partial charge in [-0.25, -0.2) is 17.2 Å². The Morgan fingerprint density at radius 2 is 2.05 bits per heavy atom. The molecule has 0 amide bonds. The van der Waals surface area contributed by atoms with E-state index in [-0.39, 0.29) is 13.1 Å². The third-order valence-electron chi connectivity index (χ3n) is 2.71. The lowest BCUT2D eigenvalue weighted by Gasteiger charge is -2.16. The monoisotopic (exact) mass is 304 g/mol. The molecule has 1 aromatic carbocycles. The van der Waals surface area contributed by atoms with Gasteiger partial charge >= 0.3 is 0 Å². The lowest BCUT2D eigenvalue weighted by atomic mass is 10.2. The first-order valence-electron chi connectivity index (χ1n) is 6.10. The molecule has 0 atom stereocenters. The van der Waals surface area contributed by atoms with E-state index >= 15 is 0 Å². The molecule has 20 heavy (non-hydrogen) atoms. The number of halogens is 2. The highest BCUT2D eigenvalue weighted by atomic mass is 32.2. The predicted molar refractivity (Wildman–Crippen MR) is 73.8 cm³/mol. The summed E-state index contributed by atoms with van der Waals surface area (Å²) in [5.41, 5.74) is 0.372.